The topological polar surface area (TPSA) is 6.48 Å². The van der Waals surface area contributed by atoms with Gasteiger partial charge in [0, 0.05) is 26.0 Å². The fourth-order valence-electron chi connectivity index (χ4n) is 1.04. The van der Waals surface area contributed by atoms with Gasteiger partial charge in [0.1, 0.15) is 0 Å². The number of hydrogen-bond acceptors (Lipinski definition) is 2. The molecule has 1 atom stereocenters. The minimum Gasteiger partial charge on any atom is -0.418 e. The van der Waals surface area contributed by atoms with Crippen LogP contribution in [0, 0.1) is 0 Å². The van der Waals surface area contributed by atoms with Gasteiger partial charge in [-0.05, 0) is 13.8 Å². The summed E-state index contributed by atoms with van der Waals surface area (Å²) >= 11 is 0. The van der Waals surface area contributed by atoms with Gasteiger partial charge in [0.05, 0.1) is 6.17 Å². The first-order valence-electron chi connectivity index (χ1n) is 8.65. The molecule has 0 aromatic rings. The third kappa shape index (κ3) is 245. The van der Waals surface area contributed by atoms with E-state index in [9.17, 15) is 104 Å². The molecule has 1 unspecified atom stereocenters. The summed E-state index contributed by atoms with van der Waals surface area (Å²) in [6.07, 6.45) is 4.79. The van der Waals surface area contributed by atoms with Gasteiger partial charge in [0.25, 0.3) is 0 Å². The second kappa shape index (κ2) is 20.9. The molecule has 0 N–H and O–H groups in total. The molecule has 1 aliphatic heterocycles. The summed E-state index contributed by atoms with van der Waals surface area (Å²) in [5, 5.41) is 0. The van der Waals surface area contributed by atoms with Crippen LogP contribution in [-0.2, 0) is 0 Å². The molecule has 0 saturated carbocycles. The van der Waals surface area contributed by atoms with Crippen molar-refractivity contribution in [2.75, 3.05) is 13.6 Å². The zero-order valence-electron chi connectivity index (χ0n) is 18.9. The highest BCUT2D eigenvalue weighted by atomic mass is 19.5. The minimum absolute atomic E-state index is 0.551. The van der Waals surface area contributed by atoms with Gasteiger partial charge in [-0.1, -0.05) is 0 Å². The van der Waals surface area contributed by atoms with Crippen molar-refractivity contribution < 1.29 is 104 Å². The molecule has 1 heterocycles. The maximum atomic E-state index is 9.75. The fraction of sp³-hybridized carbons (Fsp3) is 0.714. The first kappa shape index (κ1) is 49.9. The van der Waals surface area contributed by atoms with Crippen molar-refractivity contribution in [2.45, 2.75) is 20.0 Å². The lowest BCUT2D eigenvalue weighted by Gasteiger charge is -2.25. The lowest BCUT2D eigenvalue weighted by Crippen LogP contribution is -2.33. The minimum atomic E-state index is -6.00. The van der Waals surface area contributed by atoms with Crippen molar-refractivity contribution in [1.29, 1.82) is 0 Å². The van der Waals surface area contributed by atoms with E-state index in [4.69, 9.17) is 0 Å². The van der Waals surface area contributed by atoms with Crippen LogP contribution in [0.25, 0.3) is 0 Å². The van der Waals surface area contributed by atoms with E-state index in [2.05, 4.69) is 43.1 Å². The van der Waals surface area contributed by atoms with E-state index in [1.54, 1.807) is 0 Å². The Morgan fingerprint density at radius 3 is 0.641 bits per heavy atom. The van der Waals surface area contributed by atoms with Crippen LogP contribution in [0.15, 0.2) is 12.4 Å². The Balaban J connectivity index is -0.0000000830. The summed E-state index contributed by atoms with van der Waals surface area (Å²) in [6.45, 7) is 5.46. The molecule has 2 nitrogen and oxygen atoms in total. The Morgan fingerprint density at radius 2 is 0.590 bits per heavy atom. The van der Waals surface area contributed by atoms with E-state index in [1.807, 2.05) is 0 Å². The van der Waals surface area contributed by atoms with E-state index in [0.717, 1.165) is 6.54 Å². The van der Waals surface area contributed by atoms with Crippen LogP contribution < -0.4 is 0 Å². The third-order valence-corrected chi connectivity index (χ3v) is 1.93. The first-order valence-corrected chi connectivity index (χ1v) is 8.65. The van der Waals surface area contributed by atoms with E-state index >= 15 is 0 Å². The smallest absolute Gasteiger partial charge is 0.418 e. The lowest BCUT2D eigenvalue weighted by atomic mass is 10.3. The summed E-state index contributed by atoms with van der Waals surface area (Å²) in [5.41, 5.74) is 0. The van der Waals surface area contributed by atoms with Gasteiger partial charge in [-0.25, -0.2) is 0 Å². The number of nitrogens with zero attached hydrogens (tertiary/aromatic N) is 2. The van der Waals surface area contributed by atoms with Gasteiger partial charge in [0.2, 0.25) is 0 Å². The molecule has 244 valence electrons. The van der Waals surface area contributed by atoms with E-state index in [0.29, 0.717) is 6.17 Å². The molecule has 1 aliphatic rings. The van der Waals surface area contributed by atoms with Crippen LogP contribution in [0.2, 0.25) is 0 Å². The molecule has 0 amide bonds. The monoisotopic (exact) mass is 648 g/mol. The molecule has 0 spiro atoms. The van der Waals surface area contributed by atoms with E-state index in [1.165, 1.54) is 0 Å². The summed E-state index contributed by atoms with van der Waals surface area (Å²) < 4.78 is 234. The van der Waals surface area contributed by atoms with Gasteiger partial charge < -0.3 is 113 Å². The predicted molar refractivity (Wildman–Crippen MR) is 99.9 cm³/mol. The Hall–Kier alpha value is -1.95. The van der Waals surface area contributed by atoms with Crippen molar-refractivity contribution >= 4 is 43.5 Å². The Morgan fingerprint density at radius 1 is 0.436 bits per heavy atom. The molecule has 0 saturated heterocycles. The second-order valence-electron chi connectivity index (χ2n) is 5.40. The Bertz CT molecular complexity index is 447. The van der Waals surface area contributed by atoms with Crippen LogP contribution >= 0.6 is 0 Å². The summed E-state index contributed by atoms with van der Waals surface area (Å²) in [7, 11) is -33.9. The third-order valence-electron chi connectivity index (χ3n) is 1.93. The van der Waals surface area contributed by atoms with Crippen molar-refractivity contribution in [1.82, 2.24) is 9.80 Å². The molecule has 0 aromatic heterocycles. The summed E-state index contributed by atoms with van der Waals surface area (Å²) in [5.74, 6) is 0. The summed E-state index contributed by atoms with van der Waals surface area (Å²) in [6, 6.07) is 0. The predicted octanol–water partition coefficient (Wildman–Crippen LogP) is 8.87. The van der Waals surface area contributed by atoms with Crippen molar-refractivity contribution in [2.24, 2.45) is 0 Å². The van der Waals surface area contributed by atoms with Crippen molar-refractivity contribution in [3.8, 4) is 0 Å². The number of hydrogen-bond donors (Lipinski definition) is 0. The van der Waals surface area contributed by atoms with E-state index < -0.39 is 43.5 Å². The van der Waals surface area contributed by atoms with Crippen molar-refractivity contribution in [3.05, 3.63) is 12.4 Å². The molecule has 32 heteroatoms. The molecular weight excluding hydrogens is 633 g/mol. The molecule has 0 radical (unpaired) electrons. The highest BCUT2D eigenvalue weighted by molar-refractivity contribution is 6.51. The highest BCUT2D eigenvalue weighted by Gasteiger charge is 2.22. The Kier molecular flexibility index (Phi) is 26.7. The van der Waals surface area contributed by atoms with Crippen LogP contribution in [0.5, 0.6) is 0 Å². The molecule has 0 fully saturated rings. The zero-order chi connectivity index (χ0) is 33.9. The van der Waals surface area contributed by atoms with Gasteiger partial charge in [-0.2, -0.15) is 0 Å². The van der Waals surface area contributed by atoms with Crippen LogP contribution in [0.1, 0.15) is 13.8 Å². The van der Waals surface area contributed by atoms with Crippen LogP contribution in [0.4, 0.5) is 104 Å². The van der Waals surface area contributed by atoms with E-state index in [-0.39, 0.29) is 0 Å². The van der Waals surface area contributed by atoms with Gasteiger partial charge in [0.15, 0.2) is 0 Å². The van der Waals surface area contributed by atoms with Crippen molar-refractivity contribution in [3.63, 3.8) is 0 Å². The standard InChI is InChI=1S/C7H14N2.6BF4/c1-4-9-6-5-8(3)7(9)2;6*2-1(3,4)5/h5-7H,4H2,1-3H3;;;;;;/q;6*-1. The Labute approximate surface area is 204 Å². The van der Waals surface area contributed by atoms with Crippen LogP contribution in [-0.4, -0.2) is 73.1 Å². The average molecular weight is 647 g/mol. The normalized spacial score (nSPS) is 15.2. The van der Waals surface area contributed by atoms with Crippen LogP contribution in [0.3, 0.4) is 0 Å². The average Bonchev–Trinajstić information content (AvgIpc) is 2.76. The molecule has 39 heavy (non-hydrogen) atoms. The highest BCUT2D eigenvalue weighted by Crippen LogP contribution is 2.11. The quantitative estimate of drug-likeness (QED) is 0.207. The number of rotatable bonds is 1. The maximum absolute atomic E-state index is 9.75. The fourth-order valence-corrected chi connectivity index (χ4v) is 1.04. The molecular formula is C7H14B6F24N2-6. The van der Waals surface area contributed by atoms with Gasteiger partial charge >= 0.3 is 43.5 Å². The molecule has 0 aliphatic carbocycles. The first-order chi connectivity index (χ1) is 16.3. The second-order valence-corrected chi connectivity index (χ2v) is 5.40. The molecule has 0 aromatic carbocycles. The largest absolute Gasteiger partial charge is 0.673 e. The zero-order valence-corrected chi connectivity index (χ0v) is 18.9. The van der Waals surface area contributed by atoms with Gasteiger partial charge in [-0.15, -0.1) is 0 Å². The van der Waals surface area contributed by atoms with Gasteiger partial charge in [-0.3, -0.25) is 0 Å². The molecule has 1 rings (SSSR count). The number of halogens is 24. The lowest BCUT2D eigenvalue weighted by molar-refractivity contribution is 0.203. The molecule has 0 bridgehead atoms. The SMILES string of the molecule is CCN1C=CN(C)C1C.F[B-](F)(F)F.F[B-](F)(F)F.F[B-](F)(F)F.F[B-](F)(F)F.F[B-](F)(F)F.F[B-](F)(F)F. The summed E-state index contributed by atoms with van der Waals surface area (Å²) in [4.78, 5) is 4.49. The maximum Gasteiger partial charge on any atom is 0.673 e.